The monoisotopic (exact) mass is 342 g/mol. The molecule has 0 bridgehead atoms. The minimum Gasteiger partial charge on any atom is -0.299 e. The Hall–Kier alpha value is -1.44. The molecule has 0 unspecified atom stereocenters. The molecule has 0 aromatic heterocycles. The van der Waals surface area contributed by atoms with Crippen molar-refractivity contribution < 1.29 is 9.59 Å². The van der Waals surface area contributed by atoms with Gasteiger partial charge >= 0.3 is 0 Å². The van der Waals surface area contributed by atoms with E-state index in [9.17, 15) is 9.59 Å². The topological polar surface area (TPSA) is 34.1 Å². The van der Waals surface area contributed by atoms with Gasteiger partial charge in [0.05, 0.1) is 5.41 Å². The average molecular weight is 343 g/mol. The van der Waals surface area contributed by atoms with Crippen LogP contribution in [0.15, 0.2) is 24.3 Å². The highest BCUT2D eigenvalue weighted by atomic mass is 16.1. The second-order valence-corrected chi connectivity index (χ2v) is 7.63. The van der Waals surface area contributed by atoms with Gasteiger partial charge in [-0.1, -0.05) is 76.6 Å². The van der Waals surface area contributed by atoms with Crippen molar-refractivity contribution in [1.29, 1.82) is 0 Å². The van der Waals surface area contributed by atoms with Gasteiger partial charge in [-0.15, -0.1) is 0 Å². The van der Waals surface area contributed by atoms with Crippen molar-refractivity contribution in [2.24, 2.45) is 0 Å². The van der Waals surface area contributed by atoms with Gasteiger partial charge in [0, 0.05) is 18.4 Å². The molecule has 0 atom stereocenters. The van der Waals surface area contributed by atoms with Gasteiger partial charge in [-0.05, 0) is 31.2 Å². The van der Waals surface area contributed by atoms with Crippen LogP contribution in [0, 0.1) is 0 Å². The molecule has 1 aromatic carbocycles. The summed E-state index contributed by atoms with van der Waals surface area (Å²) in [4.78, 5) is 25.3. The SMILES string of the molecule is CCCCCC(=O)C1(c2ccc(C(=O)CCCC)cc2)CCCCC1. The van der Waals surface area contributed by atoms with Gasteiger partial charge < -0.3 is 0 Å². The second-order valence-electron chi connectivity index (χ2n) is 7.63. The maximum Gasteiger partial charge on any atom is 0.162 e. The van der Waals surface area contributed by atoms with Crippen LogP contribution in [0.2, 0.25) is 0 Å². The number of carbonyl (C=O) groups excluding carboxylic acids is 2. The van der Waals surface area contributed by atoms with Crippen LogP contribution in [0.3, 0.4) is 0 Å². The lowest BCUT2D eigenvalue weighted by Crippen LogP contribution is -2.38. The molecule has 2 heteroatoms. The molecule has 1 aliphatic rings. The Labute approximate surface area is 153 Å². The molecule has 0 radical (unpaired) electrons. The zero-order valence-electron chi connectivity index (χ0n) is 16.1. The van der Waals surface area contributed by atoms with E-state index in [0.717, 1.165) is 68.9 Å². The van der Waals surface area contributed by atoms with Crippen molar-refractivity contribution in [3.05, 3.63) is 35.4 Å². The van der Waals surface area contributed by atoms with Crippen LogP contribution in [0.5, 0.6) is 0 Å². The van der Waals surface area contributed by atoms with Crippen LogP contribution >= 0.6 is 0 Å². The van der Waals surface area contributed by atoms with Crippen molar-refractivity contribution in [3.8, 4) is 0 Å². The smallest absolute Gasteiger partial charge is 0.162 e. The average Bonchev–Trinajstić information content (AvgIpc) is 2.66. The number of hydrogen-bond donors (Lipinski definition) is 0. The fourth-order valence-corrected chi connectivity index (χ4v) is 4.12. The van der Waals surface area contributed by atoms with Crippen LogP contribution in [0.1, 0.15) is 107 Å². The van der Waals surface area contributed by atoms with Gasteiger partial charge in [-0.3, -0.25) is 9.59 Å². The zero-order valence-corrected chi connectivity index (χ0v) is 16.1. The molecule has 0 spiro atoms. The van der Waals surface area contributed by atoms with Gasteiger partial charge in [-0.2, -0.15) is 0 Å². The lowest BCUT2D eigenvalue weighted by Gasteiger charge is -2.36. The number of benzene rings is 1. The van der Waals surface area contributed by atoms with E-state index in [4.69, 9.17) is 0 Å². The summed E-state index contributed by atoms with van der Waals surface area (Å²) >= 11 is 0. The van der Waals surface area contributed by atoms with Crippen molar-refractivity contribution in [2.75, 3.05) is 0 Å². The van der Waals surface area contributed by atoms with Crippen LogP contribution in [0.4, 0.5) is 0 Å². The Morgan fingerprint density at radius 1 is 0.840 bits per heavy atom. The van der Waals surface area contributed by atoms with Crippen molar-refractivity contribution >= 4 is 11.6 Å². The largest absolute Gasteiger partial charge is 0.299 e. The Bertz CT molecular complexity index is 550. The van der Waals surface area contributed by atoms with E-state index in [1.165, 1.54) is 6.42 Å². The molecule has 138 valence electrons. The Kier molecular flexibility index (Phi) is 7.87. The first-order chi connectivity index (χ1) is 12.1. The maximum absolute atomic E-state index is 13.1. The molecule has 0 amide bonds. The summed E-state index contributed by atoms with van der Waals surface area (Å²) in [6, 6.07) is 8.01. The molecule has 2 nitrogen and oxygen atoms in total. The highest BCUT2D eigenvalue weighted by Crippen LogP contribution is 2.41. The molecule has 1 aromatic rings. The molecule has 25 heavy (non-hydrogen) atoms. The third-order valence-electron chi connectivity index (χ3n) is 5.77. The van der Waals surface area contributed by atoms with Gasteiger partial charge in [0.25, 0.3) is 0 Å². The summed E-state index contributed by atoms with van der Waals surface area (Å²) in [5.41, 5.74) is 1.64. The van der Waals surface area contributed by atoms with Crippen LogP contribution in [0.25, 0.3) is 0 Å². The molecular formula is C23H34O2. The summed E-state index contributed by atoms with van der Waals surface area (Å²) in [5.74, 6) is 0.645. The zero-order chi connectivity index (χ0) is 18.1. The van der Waals surface area contributed by atoms with E-state index in [0.29, 0.717) is 18.6 Å². The second kappa shape index (κ2) is 9.89. The number of rotatable bonds is 10. The highest BCUT2D eigenvalue weighted by Gasteiger charge is 2.40. The Balaban J connectivity index is 2.17. The summed E-state index contributed by atoms with van der Waals surface area (Å²) in [6.45, 7) is 4.28. The standard InChI is InChI=1S/C23H34O2/c1-3-5-8-12-22(25)23(17-9-7-10-18-23)20-15-13-19(14-16-20)21(24)11-6-4-2/h13-16H,3-12,17-18H2,1-2H3. The minimum absolute atomic E-state index is 0.223. The van der Waals surface area contributed by atoms with Crippen molar-refractivity contribution in [1.82, 2.24) is 0 Å². The van der Waals surface area contributed by atoms with Gasteiger partial charge in [0.1, 0.15) is 5.78 Å². The highest BCUT2D eigenvalue weighted by molar-refractivity contribution is 5.96. The van der Waals surface area contributed by atoms with Crippen LogP contribution in [-0.4, -0.2) is 11.6 Å². The summed E-state index contributed by atoms with van der Waals surface area (Å²) in [7, 11) is 0. The van der Waals surface area contributed by atoms with E-state index in [1.54, 1.807) is 0 Å². The fourth-order valence-electron chi connectivity index (χ4n) is 4.12. The molecule has 0 heterocycles. The van der Waals surface area contributed by atoms with Crippen LogP contribution in [-0.2, 0) is 10.2 Å². The van der Waals surface area contributed by atoms with E-state index < -0.39 is 0 Å². The molecule has 0 aliphatic heterocycles. The molecule has 0 saturated heterocycles. The van der Waals surface area contributed by atoms with Gasteiger partial charge in [0.15, 0.2) is 5.78 Å². The lowest BCUT2D eigenvalue weighted by molar-refractivity contribution is -0.126. The number of hydrogen-bond acceptors (Lipinski definition) is 2. The molecule has 2 rings (SSSR count). The first kappa shape index (κ1) is 19.9. The summed E-state index contributed by atoms with van der Waals surface area (Å²) in [5, 5.41) is 0. The number of unbranched alkanes of at least 4 members (excludes halogenated alkanes) is 3. The number of ketones is 2. The van der Waals surface area contributed by atoms with Crippen molar-refractivity contribution in [2.45, 2.75) is 96.3 Å². The van der Waals surface area contributed by atoms with Gasteiger partial charge in [0.2, 0.25) is 0 Å². The fraction of sp³-hybridized carbons (Fsp3) is 0.652. The quantitative estimate of drug-likeness (QED) is 0.363. The van der Waals surface area contributed by atoms with E-state index in [2.05, 4.69) is 26.0 Å². The third kappa shape index (κ3) is 5.03. The minimum atomic E-state index is -0.295. The summed E-state index contributed by atoms with van der Waals surface area (Å²) < 4.78 is 0. The predicted molar refractivity (Wildman–Crippen MR) is 104 cm³/mol. The van der Waals surface area contributed by atoms with E-state index in [1.807, 2.05) is 12.1 Å². The van der Waals surface area contributed by atoms with Crippen molar-refractivity contribution in [3.63, 3.8) is 0 Å². The number of carbonyl (C=O) groups is 2. The Morgan fingerprint density at radius 3 is 2.08 bits per heavy atom. The Morgan fingerprint density at radius 2 is 1.48 bits per heavy atom. The van der Waals surface area contributed by atoms with E-state index >= 15 is 0 Å². The van der Waals surface area contributed by atoms with Crippen LogP contribution < -0.4 is 0 Å². The van der Waals surface area contributed by atoms with Gasteiger partial charge in [-0.25, -0.2) is 0 Å². The summed E-state index contributed by atoms with van der Waals surface area (Å²) in [6.07, 6.45) is 12.0. The molecule has 1 fully saturated rings. The third-order valence-corrected chi connectivity index (χ3v) is 5.77. The van der Waals surface area contributed by atoms with E-state index in [-0.39, 0.29) is 11.2 Å². The first-order valence-corrected chi connectivity index (χ1v) is 10.3. The maximum atomic E-state index is 13.1. The normalized spacial score (nSPS) is 16.6. The lowest BCUT2D eigenvalue weighted by atomic mass is 9.65. The molecular weight excluding hydrogens is 308 g/mol. The number of Topliss-reactive ketones (excluding diaryl/α,β-unsaturated/α-hetero) is 2. The molecule has 0 N–H and O–H groups in total. The molecule has 1 saturated carbocycles. The predicted octanol–water partition coefficient (Wildman–Crippen LogP) is 6.41. The molecule has 1 aliphatic carbocycles. The first-order valence-electron chi connectivity index (χ1n) is 10.3.